The largest absolute Gasteiger partial charge is 0.311 e. The summed E-state index contributed by atoms with van der Waals surface area (Å²) in [6, 6.07) is 4.48. The molecule has 0 saturated carbocycles. The van der Waals surface area contributed by atoms with E-state index < -0.39 is 5.50 Å². The van der Waals surface area contributed by atoms with Crippen LogP contribution >= 0.6 is 27.5 Å². The summed E-state index contributed by atoms with van der Waals surface area (Å²) in [4.78, 5) is 0. The second-order valence-corrected chi connectivity index (χ2v) is 3.45. The third-order valence-corrected chi connectivity index (χ3v) is 1.98. The van der Waals surface area contributed by atoms with E-state index in [9.17, 15) is 4.39 Å². The smallest absolute Gasteiger partial charge is 0.129 e. The van der Waals surface area contributed by atoms with Crippen molar-refractivity contribution in [3.63, 3.8) is 0 Å². The van der Waals surface area contributed by atoms with Gasteiger partial charge in [0.1, 0.15) is 11.3 Å². The van der Waals surface area contributed by atoms with Crippen molar-refractivity contribution in [2.45, 2.75) is 5.50 Å². The van der Waals surface area contributed by atoms with Crippen molar-refractivity contribution < 1.29 is 4.39 Å². The van der Waals surface area contributed by atoms with Crippen LogP contribution in [0, 0.1) is 5.82 Å². The first-order chi connectivity index (χ1) is 5.11. The molecule has 1 unspecified atom stereocenters. The Labute approximate surface area is 77.5 Å². The molecule has 0 heterocycles. The molecule has 11 heavy (non-hydrogen) atoms. The molecule has 4 heteroatoms. The van der Waals surface area contributed by atoms with Crippen molar-refractivity contribution in [2.24, 2.45) is 5.73 Å². The molecule has 0 fully saturated rings. The highest BCUT2D eigenvalue weighted by molar-refractivity contribution is 9.10. The first kappa shape index (κ1) is 8.97. The van der Waals surface area contributed by atoms with Crippen LogP contribution in [0.25, 0.3) is 0 Å². The summed E-state index contributed by atoms with van der Waals surface area (Å²) in [6.07, 6.45) is 0. The molecule has 1 aromatic rings. The van der Waals surface area contributed by atoms with Gasteiger partial charge < -0.3 is 5.73 Å². The maximum Gasteiger partial charge on any atom is 0.129 e. The quantitative estimate of drug-likeness (QED) is 0.591. The molecule has 0 bridgehead atoms. The summed E-state index contributed by atoms with van der Waals surface area (Å²) in [5.74, 6) is -0.379. The third-order valence-electron chi connectivity index (χ3n) is 1.26. The van der Waals surface area contributed by atoms with Crippen molar-refractivity contribution in [3.05, 3.63) is 34.1 Å². The number of nitrogens with two attached hydrogens (primary N) is 1. The van der Waals surface area contributed by atoms with Gasteiger partial charge in [-0.2, -0.15) is 0 Å². The van der Waals surface area contributed by atoms with E-state index in [0.29, 0.717) is 5.56 Å². The normalized spacial score (nSPS) is 13.1. The molecule has 1 nitrogen and oxygen atoms in total. The van der Waals surface area contributed by atoms with Crippen LogP contribution in [0.15, 0.2) is 22.7 Å². The number of hydrogen-bond donors (Lipinski definition) is 1. The first-order valence-electron chi connectivity index (χ1n) is 2.96. The molecule has 0 amide bonds. The molecular formula is C7H6BrClFN. The van der Waals surface area contributed by atoms with Gasteiger partial charge >= 0.3 is 0 Å². The lowest BCUT2D eigenvalue weighted by Gasteiger charge is -2.04. The van der Waals surface area contributed by atoms with Gasteiger partial charge in [-0.3, -0.25) is 0 Å². The van der Waals surface area contributed by atoms with Gasteiger partial charge in [0.2, 0.25) is 0 Å². The molecule has 2 N–H and O–H groups in total. The second-order valence-electron chi connectivity index (χ2n) is 2.07. The molecule has 0 aliphatic carbocycles. The Hall–Kier alpha value is -0.120. The maximum atomic E-state index is 12.8. The van der Waals surface area contributed by atoms with E-state index in [1.807, 2.05) is 0 Å². The molecule has 1 rings (SSSR count). The van der Waals surface area contributed by atoms with Gasteiger partial charge in [0.25, 0.3) is 0 Å². The van der Waals surface area contributed by atoms with Crippen molar-refractivity contribution in [1.82, 2.24) is 0 Å². The number of hydrogen-bond acceptors (Lipinski definition) is 1. The monoisotopic (exact) mass is 237 g/mol. The molecule has 0 aliphatic heterocycles. The van der Waals surface area contributed by atoms with E-state index in [1.165, 1.54) is 6.07 Å². The van der Waals surface area contributed by atoms with Gasteiger partial charge in [-0.25, -0.2) is 4.39 Å². The van der Waals surface area contributed by atoms with Crippen molar-refractivity contribution in [2.75, 3.05) is 0 Å². The van der Waals surface area contributed by atoms with Crippen LogP contribution in [0.2, 0.25) is 0 Å². The van der Waals surface area contributed by atoms with E-state index in [0.717, 1.165) is 4.47 Å². The molecule has 0 aromatic heterocycles. The fourth-order valence-corrected chi connectivity index (χ4v) is 1.27. The van der Waals surface area contributed by atoms with E-state index >= 15 is 0 Å². The summed E-state index contributed by atoms with van der Waals surface area (Å²) >= 11 is 8.68. The van der Waals surface area contributed by atoms with E-state index in [2.05, 4.69) is 15.9 Å². The SMILES string of the molecule is NC(Cl)c1cc(Br)ccc1F. The predicted octanol–water partition coefficient (Wildman–Crippen LogP) is 2.78. The highest BCUT2D eigenvalue weighted by Crippen LogP contribution is 2.22. The highest BCUT2D eigenvalue weighted by atomic mass is 79.9. The average molecular weight is 238 g/mol. The second kappa shape index (κ2) is 3.52. The standard InChI is InChI=1S/C7H6BrClFN/c8-4-1-2-6(10)5(3-4)7(9)11/h1-3,7H,11H2. The minimum atomic E-state index is -0.785. The summed E-state index contributed by atoms with van der Waals surface area (Å²) in [5, 5.41) is 0. The van der Waals surface area contributed by atoms with Gasteiger partial charge in [0.15, 0.2) is 0 Å². The van der Waals surface area contributed by atoms with Crippen LogP contribution < -0.4 is 5.73 Å². The number of benzene rings is 1. The number of rotatable bonds is 1. The van der Waals surface area contributed by atoms with Gasteiger partial charge in [0, 0.05) is 10.0 Å². The van der Waals surface area contributed by atoms with Gasteiger partial charge in [0.05, 0.1) is 0 Å². The van der Waals surface area contributed by atoms with Crippen molar-refractivity contribution >= 4 is 27.5 Å². The molecular weight excluding hydrogens is 232 g/mol. The van der Waals surface area contributed by atoms with Crippen LogP contribution in [0.4, 0.5) is 4.39 Å². The van der Waals surface area contributed by atoms with Crippen molar-refractivity contribution in [3.8, 4) is 0 Å². The minimum absolute atomic E-state index is 0.307. The molecule has 0 spiro atoms. The summed E-state index contributed by atoms with van der Waals surface area (Å²) in [5.41, 5.74) is 4.81. The van der Waals surface area contributed by atoms with Crippen LogP contribution in [0.5, 0.6) is 0 Å². The van der Waals surface area contributed by atoms with E-state index in [-0.39, 0.29) is 5.82 Å². The lowest BCUT2D eigenvalue weighted by molar-refractivity contribution is 0.608. The Morgan fingerprint density at radius 3 is 2.64 bits per heavy atom. The highest BCUT2D eigenvalue weighted by Gasteiger charge is 2.07. The first-order valence-corrected chi connectivity index (χ1v) is 4.19. The Morgan fingerprint density at radius 1 is 1.55 bits per heavy atom. The van der Waals surface area contributed by atoms with Crippen molar-refractivity contribution in [1.29, 1.82) is 0 Å². The summed E-state index contributed by atoms with van der Waals surface area (Å²) < 4.78 is 13.6. The number of halogens is 3. The Kier molecular flexibility index (Phi) is 2.87. The van der Waals surface area contributed by atoms with Gasteiger partial charge in [-0.15, -0.1) is 11.6 Å². The number of alkyl halides is 1. The molecule has 1 aromatic carbocycles. The van der Waals surface area contributed by atoms with E-state index in [4.69, 9.17) is 17.3 Å². The zero-order valence-corrected chi connectivity index (χ0v) is 7.86. The topological polar surface area (TPSA) is 26.0 Å². The lowest BCUT2D eigenvalue weighted by Crippen LogP contribution is -2.04. The average Bonchev–Trinajstić information content (AvgIpc) is 1.94. The minimum Gasteiger partial charge on any atom is -0.311 e. The zero-order valence-electron chi connectivity index (χ0n) is 5.52. The van der Waals surface area contributed by atoms with E-state index in [1.54, 1.807) is 12.1 Å². The molecule has 0 saturated heterocycles. The van der Waals surface area contributed by atoms with Crippen LogP contribution in [0.3, 0.4) is 0 Å². The summed E-state index contributed by atoms with van der Waals surface area (Å²) in [6.45, 7) is 0. The molecule has 60 valence electrons. The Balaban J connectivity index is 3.13. The van der Waals surface area contributed by atoms with Crippen LogP contribution in [-0.2, 0) is 0 Å². The maximum absolute atomic E-state index is 12.8. The van der Waals surface area contributed by atoms with Crippen LogP contribution in [0.1, 0.15) is 11.1 Å². The van der Waals surface area contributed by atoms with Gasteiger partial charge in [-0.05, 0) is 18.2 Å². The fraction of sp³-hybridized carbons (Fsp3) is 0.143. The predicted molar refractivity (Wildman–Crippen MR) is 46.9 cm³/mol. The molecule has 0 aliphatic rings. The van der Waals surface area contributed by atoms with Crippen LogP contribution in [-0.4, -0.2) is 0 Å². The Morgan fingerprint density at radius 2 is 2.18 bits per heavy atom. The lowest BCUT2D eigenvalue weighted by atomic mass is 10.2. The Bertz CT molecular complexity index is 265. The fourth-order valence-electron chi connectivity index (χ4n) is 0.726. The zero-order chi connectivity index (χ0) is 8.43. The van der Waals surface area contributed by atoms with Gasteiger partial charge in [-0.1, -0.05) is 15.9 Å². The third kappa shape index (κ3) is 2.15. The summed E-state index contributed by atoms with van der Waals surface area (Å²) in [7, 11) is 0. The molecule has 0 radical (unpaired) electrons. The molecule has 1 atom stereocenters.